The van der Waals surface area contributed by atoms with Crippen LogP contribution in [0.15, 0.2) is 53.6 Å². The van der Waals surface area contributed by atoms with Gasteiger partial charge in [-0.25, -0.2) is 5.43 Å². The minimum Gasteiger partial charge on any atom is -0.363 e. The molecule has 4 nitrogen and oxygen atoms in total. The first-order valence-electron chi connectivity index (χ1n) is 9.02. The molecule has 0 aliphatic carbocycles. The smallest absolute Gasteiger partial charge is 0.271 e. The minimum atomic E-state index is -0.210. The molecule has 1 heterocycles. The van der Waals surface area contributed by atoms with E-state index in [0.717, 1.165) is 15.7 Å². The molecule has 0 bridgehead atoms. The normalized spacial score (nSPS) is 15.4. The van der Waals surface area contributed by atoms with Crippen molar-refractivity contribution in [3.05, 3.63) is 68.8 Å². The molecule has 0 atom stereocenters. The summed E-state index contributed by atoms with van der Waals surface area (Å²) in [7, 11) is 0. The van der Waals surface area contributed by atoms with E-state index in [4.69, 9.17) is 0 Å². The Morgan fingerprint density at radius 2 is 2.04 bits per heavy atom. The largest absolute Gasteiger partial charge is 0.363 e. The fraction of sp³-hybridized carbons (Fsp3) is 0.273. The number of hydrazone groups is 1. The van der Waals surface area contributed by atoms with Crippen LogP contribution in [0.5, 0.6) is 0 Å². The quantitative estimate of drug-likeness (QED) is 0.383. The number of halogens is 1. The van der Waals surface area contributed by atoms with Crippen molar-refractivity contribution in [3.8, 4) is 0 Å². The van der Waals surface area contributed by atoms with E-state index in [9.17, 15) is 4.79 Å². The van der Waals surface area contributed by atoms with Gasteiger partial charge in [0.25, 0.3) is 5.91 Å². The van der Waals surface area contributed by atoms with Gasteiger partial charge in [0, 0.05) is 26.9 Å². The van der Waals surface area contributed by atoms with Crippen LogP contribution in [-0.2, 0) is 0 Å². The number of likely N-dealkylation sites (N-methyl/N-ethyl adjacent to an activating group) is 1. The Bertz CT molecular complexity index is 931. The second-order valence-corrected chi connectivity index (χ2v) is 8.46. The van der Waals surface area contributed by atoms with Gasteiger partial charge in [0.2, 0.25) is 0 Å². The predicted molar refractivity (Wildman–Crippen MR) is 121 cm³/mol. The summed E-state index contributed by atoms with van der Waals surface area (Å²) in [5.41, 5.74) is 7.88. The van der Waals surface area contributed by atoms with E-state index in [2.05, 4.69) is 83.9 Å². The van der Waals surface area contributed by atoms with E-state index in [1.165, 1.54) is 16.8 Å². The highest BCUT2D eigenvalue weighted by Crippen LogP contribution is 2.38. The Hall–Kier alpha value is -2.15. The van der Waals surface area contributed by atoms with Crippen molar-refractivity contribution in [2.75, 3.05) is 11.4 Å². The first kappa shape index (κ1) is 19.6. The average molecular weight is 473 g/mol. The van der Waals surface area contributed by atoms with Crippen molar-refractivity contribution in [1.82, 2.24) is 5.43 Å². The van der Waals surface area contributed by atoms with Crippen molar-refractivity contribution in [2.45, 2.75) is 33.2 Å². The lowest BCUT2D eigenvalue weighted by molar-refractivity contribution is 0.0955. The Morgan fingerprint density at radius 1 is 1.26 bits per heavy atom. The van der Waals surface area contributed by atoms with Gasteiger partial charge < -0.3 is 4.90 Å². The molecular formula is C22H24IN3O. The lowest BCUT2D eigenvalue weighted by Crippen LogP contribution is -2.44. The van der Waals surface area contributed by atoms with Gasteiger partial charge in [0.1, 0.15) is 0 Å². The number of rotatable bonds is 4. The summed E-state index contributed by atoms with van der Waals surface area (Å²) < 4.78 is 1.02. The molecule has 5 heteroatoms. The predicted octanol–water partition coefficient (Wildman–Crippen LogP) is 5.08. The minimum absolute atomic E-state index is 0.00259. The zero-order chi connectivity index (χ0) is 19.6. The van der Waals surface area contributed by atoms with Gasteiger partial charge in [0.05, 0.1) is 11.8 Å². The molecule has 2 aromatic carbocycles. The molecule has 1 N–H and O–H groups in total. The number of nitrogens with zero attached hydrogens (tertiary/aromatic N) is 2. The number of nitrogens with one attached hydrogen (secondary N) is 1. The van der Waals surface area contributed by atoms with Crippen molar-refractivity contribution >= 4 is 46.0 Å². The number of allylic oxidation sites excluding steroid dienone is 1. The van der Waals surface area contributed by atoms with Gasteiger partial charge in [-0.15, -0.1) is 0 Å². The average Bonchev–Trinajstić information content (AvgIpc) is 2.61. The molecule has 2 aromatic rings. The molecule has 0 radical (unpaired) electrons. The van der Waals surface area contributed by atoms with Crippen molar-refractivity contribution in [2.24, 2.45) is 5.10 Å². The first-order chi connectivity index (χ1) is 12.8. The third-order valence-corrected chi connectivity index (χ3v) is 5.46. The van der Waals surface area contributed by atoms with Crippen molar-refractivity contribution in [3.63, 3.8) is 0 Å². The fourth-order valence-corrected chi connectivity index (χ4v) is 4.16. The molecule has 0 aromatic heterocycles. The third-order valence-electron chi connectivity index (χ3n) is 4.78. The molecule has 27 heavy (non-hydrogen) atoms. The Balaban J connectivity index is 1.79. The SMILES string of the molecule is CCN1c2ccc(/C=N\NC(=O)c3cccc(I)c3)cc2C(C)=CC1(C)C. The first-order valence-corrected chi connectivity index (χ1v) is 10.1. The highest BCUT2D eigenvalue weighted by Gasteiger charge is 2.29. The van der Waals surface area contributed by atoms with Crippen LogP contribution in [0.25, 0.3) is 5.57 Å². The molecule has 0 saturated carbocycles. The summed E-state index contributed by atoms with van der Waals surface area (Å²) >= 11 is 2.19. The van der Waals surface area contributed by atoms with E-state index in [-0.39, 0.29) is 11.4 Å². The van der Waals surface area contributed by atoms with Gasteiger partial charge in [-0.3, -0.25) is 4.79 Å². The Morgan fingerprint density at radius 3 is 2.74 bits per heavy atom. The number of hydrogen-bond donors (Lipinski definition) is 1. The van der Waals surface area contributed by atoms with Crippen LogP contribution < -0.4 is 10.3 Å². The summed E-state index contributed by atoms with van der Waals surface area (Å²) in [4.78, 5) is 14.6. The number of anilines is 1. The highest BCUT2D eigenvalue weighted by atomic mass is 127. The molecule has 1 amide bonds. The standard InChI is InChI=1S/C22H24IN3O/c1-5-26-20-10-9-16(11-19(20)15(2)13-22(26,3)4)14-24-25-21(27)17-7-6-8-18(23)12-17/h6-14H,5H2,1-4H3,(H,25,27)/b24-14-. The lowest BCUT2D eigenvalue weighted by atomic mass is 9.88. The summed E-state index contributed by atoms with van der Waals surface area (Å²) in [6.45, 7) is 9.74. The topological polar surface area (TPSA) is 44.7 Å². The summed E-state index contributed by atoms with van der Waals surface area (Å²) in [5.74, 6) is -0.210. The van der Waals surface area contributed by atoms with Crippen LogP contribution in [0, 0.1) is 3.57 Å². The van der Waals surface area contributed by atoms with Gasteiger partial charge in [-0.1, -0.05) is 18.2 Å². The molecule has 0 unspecified atom stereocenters. The molecule has 0 spiro atoms. The molecule has 0 saturated heterocycles. The molecular weight excluding hydrogens is 449 g/mol. The van der Waals surface area contributed by atoms with Crippen LogP contribution in [0.1, 0.15) is 49.2 Å². The summed E-state index contributed by atoms with van der Waals surface area (Å²) in [6, 6.07) is 13.7. The molecule has 1 aliphatic heterocycles. The van der Waals surface area contributed by atoms with E-state index in [1.807, 2.05) is 24.3 Å². The summed E-state index contributed by atoms with van der Waals surface area (Å²) in [6.07, 6.45) is 3.99. The number of carbonyl (C=O) groups excluding carboxylic acids is 1. The van der Waals surface area contributed by atoms with Crippen LogP contribution in [0.4, 0.5) is 5.69 Å². The third kappa shape index (κ3) is 4.24. The maximum Gasteiger partial charge on any atom is 0.271 e. The maximum atomic E-state index is 12.2. The Kier molecular flexibility index (Phi) is 5.69. The molecule has 3 rings (SSSR count). The van der Waals surface area contributed by atoms with E-state index in [0.29, 0.717) is 5.56 Å². The molecule has 1 aliphatic rings. The second kappa shape index (κ2) is 7.84. The van der Waals surface area contributed by atoms with Crippen LogP contribution in [0.2, 0.25) is 0 Å². The monoisotopic (exact) mass is 473 g/mol. The number of amides is 1. The van der Waals surface area contributed by atoms with Gasteiger partial charge in [-0.2, -0.15) is 5.10 Å². The van der Waals surface area contributed by atoms with Crippen molar-refractivity contribution in [1.29, 1.82) is 0 Å². The van der Waals surface area contributed by atoms with Crippen LogP contribution >= 0.6 is 22.6 Å². The van der Waals surface area contributed by atoms with Crippen LogP contribution in [0.3, 0.4) is 0 Å². The molecule has 0 fully saturated rings. The maximum absolute atomic E-state index is 12.2. The number of carbonyl (C=O) groups is 1. The van der Waals surface area contributed by atoms with E-state index < -0.39 is 0 Å². The Labute approximate surface area is 174 Å². The number of fused-ring (bicyclic) bond motifs is 1. The molecule has 140 valence electrons. The van der Waals surface area contributed by atoms with E-state index >= 15 is 0 Å². The fourth-order valence-electron chi connectivity index (χ4n) is 3.62. The zero-order valence-corrected chi connectivity index (χ0v) is 18.2. The lowest BCUT2D eigenvalue weighted by Gasteiger charge is -2.42. The van der Waals surface area contributed by atoms with Gasteiger partial charge >= 0.3 is 0 Å². The van der Waals surface area contributed by atoms with Crippen LogP contribution in [-0.4, -0.2) is 24.2 Å². The van der Waals surface area contributed by atoms with Gasteiger partial charge in [0.15, 0.2) is 0 Å². The number of benzene rings is 2. The summed E-state index contributed by atoms with van der Waals surface area (Å²) in [5, 5.41) is 4.13. The highest BCUT2D eigenvalue weighted by molar-refractivity contribution is 14.1. The van der Waals surface area contributed by atoms with Gasteiger partial charge in [-0.05, 0) is 91.8 Å². The van der Waals surface area contributed by atoms with Crippen molar-refractivity contribution < 1.29 is 4.79 Å². The number of hydrogen-bond acceptors (Lipinski definition) is 3. The zero-order valence-electron chi connectivity index (χ0n) is 16.1. The van der Waals surface area contributed by atoms with E-state index in [1.54, 1.807) is 12.3 Å². The second-order valence-electron chi connectivity index (χ2n) is 7.21.